The van der Waals surface area contributed by atoms with E-state index in [1.807, 2.05) is 11.8 Å². The Morgan fingerprint density at radius 2 is 0.805 bits per heavy atom. The molecule has 0 bridgehead atoms. The number of para-hydroxylation sites is 4. The Morgan fingerprint density at radius 1 is 0.317 bits per heavy atom. The molecule has 11 aromatic carbocycles. The number of benzene rings is 11. The minimum atomic E-state index is -0.334. The van der Waals surface area contributed by atoms with Gasteiger partial charge in [-0.1, -0.05) is 132 Å². The zero-order valence-corrected chi connectivity index (χ0v) is 47.2. The predicted molar refractivity (Wildman–Crippen MR) is 343 cm³/mol. The summed E-state index contributed by atoms with van der Waals surface area (Å²) in [6.07, 6.45) is 0. The molecule has 0 saturated carbocycles. The van der Waals surface area contributed by atoms with Crippen molar-refractivity contribution in [3.8, 4) is 34.5 Å². The van der Waals surface area contributed by atoms with Crippen LogP contribution in [0, 0.1) is 41.5 Å². The highest BCUT2D eigenvalue weighted by Crippen LogP contribution is 2.52. The van der Waals surface area contributed by atoms with Gasteiger partial charge in [0, 0.05) is 72.9 Å². The molecule has 0 amide bonds. The highest BCUT2D eigenvalue weighted by molar-refractivity contribution is 8.00. The fourth-order valence-electron chi connectivity index (χ4n) is 14.6. The van der Waals surface area contributed by atoms with Crippen molar-refractivity contribution in [3.63, 3.8) is 0 Å². The fraction of sp³-hybridized carbons (Fsp3) is 0.0833. The van der Waals surface area contributed by atoms with E-state index in [1.54, 1.807) is 0 Å². The first-order valence-electron chi connectivity index (χ1n) is 28.5. The second-order valence-electron chi connectivity index (χ2n) is 23.2. The van der Waals surface area contributed by atoms with E-state index in [0.29, 0.717) is 0 Å². The van der Waals surface area contributed by atoms with E-state index < -0.39 is 0 Å². The van der Waals surface area contributed by atoms with Gasteiger partial charge in [0.2, 0.25) is 0 Å². The first-order chi connectivity index (χ1) is 40.1. The summed E-state index contributed by atoms with van der Waals surface area (Å²) >= 11 is 1.84. The molecule has 6 heterocycles. The molecule has 0 N–H and O–H groups in total. The van der Waals surface area contributed by atoms with Crippen LogP contribution in [0.15, 0.2) is 216 Å². The van der Waals surface area contributed by atoms with Crippen molar-refractivity contribution < 1.29 is 14.2 Å². The minimum absolute atomic E-state index is 0.0530. The molecule has 0 spiro atoms. The normalized spacial score (nSPS) is 13.9. The molecule has 82 heavy (non-hydrogen) atoms. The van der Waals surface area contributed by atoms with Crippen molar-refractivity contribution in [3.05, 3.63) is 240 Å². The van der Waals surface area contributed by atoms with Crippen molar-refractivity contribution in [1.82, 2.24) is 0 Å². The second kappa shape index (κ2) is 17.6. The first-order valence-corrected chi connectivity index (χ1v) is 29.3. The van der Waals surface area contributed by atoms with Gasteiger partial charge in [0.25, 0.3) is 20.1 Å². The zero-order valence-electron chi connectivity index (χ0n) is 46.3. The van der Waals surface area contributed by atoms with Crippen LogP contribution in [-0.4, -0.2) is 20.1 Å². The van der Waals surface area contributed by atoms with Gasteiger partial charge in [0.05, 0.1) is 5.69 Å². The van der Waals surface area contributed by atoms with Gasteiger partial charge in [-0.05, 0) is 192 Å². The van der Waals surface area contributed by atoms with Crippen LogP contribution in [-0.2, 0) is 0 Å². The fourth-order valence-corrected chi connectivity index (χ4v) is 15.8. The van der Waals surface area contributed by atoms with Crippen LogP contribution in [0.25, 0.3) is 0 Å². The number of hydrogen-bond donors (Lipinski definition) is 0. The molecule has 0 aromatic heterocycles. The van der Waals surface area contributed by atoms with Crippen LogP contribution in [0.5, 0.6) is 34.5 Å². The molecule has 6 aliphatic heterocycles. The van der Waals surface area contributed by atoms with E-state index in [2.05, 4.69) is 262 Å². The summed E-state index contributed by atoms with van der Waals surface area (Å²) < 4.78 is 22.2. The molecule has 6 nitrogen and oxygen atoms in total. The Kier molecular flexibility index (Phi) is 10.2. The van der Waals surface area contributed by atoms with Gasteiger partial charge >= 0.3 is 0 Å². The third kappa shape index (κ3) is 6.88. The van der Waals surface area contributed by atoms with Gasteiger partial charge in [0.15, 0.2) is 0 Å². The van der Waals surface area contributed by atoms with Crippen LogP contribution < -0.4 is 78.1 Å². The van der Waals surface area contributed by atoms with E-state index in [4.69, 9.17) is 14.2 Å². The molecular formula is C72H52B3N3O3S. The smallest absolute Gasteiger partial charge is 0.260 e. The van der Waals surface area contributed by atoms with Gasteiger partial charge in [-0.3, -0.25) is 0 Å². The van der Waals surface area contributed by atoms with E-state index in [1.165, 1.54) is 53.9 Å². The summed E-state index contributed by atoms with van der Waals surface area (Å²) in [6.45, 7) is 12.8. The molecule has 6 aliphatic rings. The number of fused-ring (bicyclic) bond motifs is 13. The lowest BCUT2D eigenvalue weighted by Gasteiger charge is -2.47. The molecule has 0 aliphatic carbocycles. The number of ether oxygens (including phenoxy) is 3. The molecular weight excluding hydrogens is 1020 g/mol. The molecule has 17 rings (SSSR count). The number of nitrogens with zero attached hydrogens (tertiary/aromatic N) is 3. The van der Waals surface area contributed by atoms with E-state index in [9.17, 15) is 0 Å². The summed E-state index contributed by atoms with van der Waals surface area (Å²) in [6, 6.07) is 76.4. The Balaban J connectivity index is 1.04. The van der Waals surface area contributed by atoms with Crippen molar-refractivity contribution in [2.75, 3.05) is 14.7 Å². The summed E-state index contributed by atoms with van der Waals surface area (Å²) in [5.74, 6) is 5.13. The lowest BCUT2D eigenvalue weighted by molar-refractivity contribution is 0.467. The first kappa shape index (κ1) is 47.6. The quantitative estimate of drug-likeness (QED) is 0.159. The minimum Gasteiger partial charge on any atom is -0.459 e. The van der Waals surface area contributed by atoms with Crippen LogP contribution >= 0.6 is 11.8 Å². The van der Waals surface area contributed by atoms with Crippen molar-refractivity contribution in [2.45, 2.75) is 51.3 Å². The summed E-state index contributed by atoms with van der Waals surface area (Å²) in [4.78, 5) is 10.1. The molecule has 0 unspecified atom stereocenters. The molecule has 0 radical (unpaired) electrons. The Labute approximate surface area is 483 Å². The van der Waals surface area contributed by atoms with Crippen molar-refractivity contribution in [1.29, 1.82) is 0 Å². The maximum absolute atomic E-state index is 7.65. The topological polar surface area (TPSA) is 37.4 Å². The van der Waals surface area contributed by atoms with Crippen LogP contribution in [0.2, 0.25) is 0 Å². The third-order valence-electron chi connectivity index (χ3n) is 17.8. The summed E-state index contributed by atoms with van der Waals surface area (Å²) in [5.41, 5.74) is 27.2. The average Bonchev–Trinajstić information content (AvgIpc) is 3.53. The number of anilines is 9. The van der Waals surface area contributed by atoms with Gasteiger partial charge in [-0.25, -0.2) is 0 Å². The third-order valence-corrected chi connectivity index (χ3v) is 19.0. The Bertz CT molecular complexity index is 4520. The molecule has 388 valence electrons. The lowest BCUT2D eigenvalue weighted by atomic mass is 9.29. The van der Waals surface area contributed by atoms with Crippen molar-refractivity contribution in [2.24, 2.45) is 0 Å². The van der Waals surface area contributed by atoms with Crippen molar-refractivity contribution >= 4 is 132 Å². The number of aryl methyl sites for hydroxylation is 6. The van der Waals surface area contributed by atoms with E-state index in [0.717, 1.165) is 124 Å². The van der Waals surface area contributed by atoms with Gasteiger partial charge in [-0.15, -0.1) is 0 Å². The monoisotopic (exact) mass is 1070 g/mol. The van der Waals surface area contributed by atoms with Crippen LogP contribution in [0.4, 0.5) is 51.2 Å². The van der Waals surface area contributed by atoms with Crippen LogP contribution in [0.3, 0.4) is 0 Å². The second-order valence-corrected chi connectivity index (χ2v) is 24.2. The maximum Gasteiger partial charge on any atom is 0.260 e. The Morgan fingerprint density at radius 3 is 1.45 bits per heavy atom. The molecule has 0 fully saturated rings. The van der Waals surface area contributed by atoms with E-state index in [-0.39, 0.29) is 20.1 Å². The van der Waals surface area contributed by atoms with Gasteiger partial charge in [0.1, 0.15) is 34.5 Å². The highest BCUT2D eigenvalue weighted by atomic mass is 32.2. The molecule has 0 saturated heterocycles. The molecule has 10 heteroatoms. The van der Waals surface area contributed by atoms with Gasteiger partial charge in [-0.2, -0.15) is 0 Å². The standard InChI is InChI=1S/C72H52B3N3O3S/c1-41-30-42(2)33-47(32-41)76(48-34-43(3)31-44(4)35-48)49-36-58-68-59(37-49)78(56-24-13-8-19-46(56)6)60-40-65-71-72(81-62-26-15-10-21-51(62)73(71)50-20-9-14-25-61(50)79-65)69(60)75(68)53-38-54-64(39-57(53)77(58)55-23-12-7-18-45(55)5)80-63-27-17-29-67-70(63)74(54)52-22-11-16-28-66(52)82-67/h7-40H,1-6H3. The number of hydrogen-bond acceptors (Lipinski definition) is 7. The predicted octanol–water partition coefficient (Wildman–Crippen LogP) is 12.9. The van der Waals surface area contributed by atoms with Crippen LogP contribution in [0.1, 0.15) is 33.4 Å². The summed E-state index contributed by atoms with van der Waals surface area (Å²) in [5, 5.41) is 0. The SMILES string of the molecule is Cc1cc(C)cc(N(c2cc(C)cc(C)c2)c2cc3c4c(c2)N(c2ccccc2C)c2cc5c6c(c2B4c2cc4c(cc2N3c2ccccc2C)Oc2cccc3c2B4c2ccccc2S3)Oc2ccccc2B6c2ccccc2O5)c1. The largest absolute Gasteiger partial charge is 0.459 e. The molecule has 11 aromatic rings. The van der Waals surface area contributed by atoms with Gasteiger partial charge < -0.3 is 28.9 Å². The maximum atomic E-state index is 7.65. The highest BCUT2D eigenvalue weighted by Gasteiger charge is 2.52. The average molecular weight is 1070 g/mol. The number of rotatable bonds is 5. The summed E-state index contributed by atoms with van der Waals surface area (Å²) in [7, 11) is 0. The lowest BCUT2D eigenvalue weighted by Crippen LogP contribution is -2.66. The van der Waals surface area contributed by atoms with E-state index >= 15 is 0 Å². The Hall–Kier alpha value is -9.24. The zero-order chi connectivity index (χ0) is 54.8. The molecule has 0 atom stereocenters.